The van der Waals surface area contributed by atoms with Crippen molar-refractivity contribution in [3.8, 4) is 6.07 Å². The smallest absolute Gasteiger partial charge is 0.158 e. The zero-order chi connectivity index (χ0) is 13.4. The van der Waals surface area contributed by atoms with Crippen molar-refractivity contribution in [3.05, 3.63) is 18.1 Å². The number of nitriles is 1. The van der Waals surface area contributed by atoms with E-state index in [1.54, 1.807) is 6.20 Å². The van der Waals surface area contributed by atoms with Crippen molar-refractivity contribution >= 4 is 5.82 Å². The molecule has 1 heterocycles. The van der Waals surface area contributed by atoms with E-state index in [-0.39, 0.29) is 6.10 Å². The Morgan fingerprint density at radius 3 is 2.67 bits per heavy atom. The summed E-state index contributed by atoms with van der Waals surface area (Å²) in [4.78, 5) is 8.05. The first kappa shape index (κ1) is 14.4. The molecule has 0 aliphatic rings. The zero-order valence-electron chi connectivity index (χ0n) is 11.2. The van der Waals surface area contributed by atoms with E-state index in [1.165, 1.54) is 6.20 Å². The molecule has 1 unspecified atom stereocenters. The van der Waals surface area contributed by atoms with Gasteiger partial charge in [-0.05, 0) is 19.3 Å². The molecule has 1 atom stereocenters. The second-order valence-electron chi connectivity index (χ2n) is 4.35. The van der Waals surface area contributed by atoms with Gasteiger partial charge in [0.2, 0.25) is 0 Å². The average Bonchev–Trinajstić information content (AvgIpc) is 2.38. The van der Waals surface area contributed by atoms with Crippen molar-refractivity contribution < 1.29 is 4.74 Å². The summed E-state index contributed by atoms with van der Waals surface area (Å²) in [6.07, 6.45) is 4.22. The van der Waals surface area contributed by atoms with Gasteiger partial charge < -0.3 is 10.1 Å². The summed E-state index contributed by atoms with van der Waals surface area (Å²) >= 11 is 0. The Labute approximate surface area is 108 Å². The number of aromatic nitrogens is 2. The predicted molar refractivity (Wildman–Crippen MR) is 70.1 cm³/mol. The van der Waals surface area contributed by atoms with Gasteiger partial charge in [-0.1, -0.05) is 13.8 Å². The molecule has 0 bridgehead atoms. The van der Waals surface area contributed by atoms with Crippen molar-refractivity contribution in [2.75, 3.05) is 18.5 Å². The Morgan fingerprint density at radius 2 is 2.17 bits per heavy atom. The minimum absolute atomic E-state index is 0.258. The summed E-state index contributed by atoms with van der Waals surface area (Å²) in [7, 11) is 0. The van der Waals surface area contributed by atoms with E-state index >= 15 is 0 Å². The van der Waals surface area contributed by atoms with Crippen molar-refractivity contribution in [3.63, 3.8) is 0 Å². The van der Waals surface area contributed by atoms with Crippen LogP contribution >= 0.6 is 0 Å². The van der Waals surface area contributed by atoms with Crippen LogP contribution in [-0.2, 0) is 4.74 Å². The van der Waals surface area contributed by atoms with Gasteiger partial charge in [0.15, 0.2) is 5.69 Å². The van der Waals surface area contributed by atoms with Crippen LogP contribution in [0.5, 0.6) is 0 Å². The number of nitrogens with zero attached hydrogens (tertiary/aromatic N) is 3. The van der Waals surface area contributed by atoms with E-state index < -0.39 is 0 Å². The van der Waals surface area contributed by atoms with Gasteiger partial charge in [-0.3, -0.25) is 0 Å². The molecule has 1 N–H and O–H groups in total. The molecule has 18 heavy (non-hydrogen) atoms. The fourth-order valence-electron chi connectivity index (χ4n) is 1.64. The third-order valence-corrected chi connectivity index (χ3v) is 2.63. The second-order valence-corrected chi connectivity index (χ2v) is 4.35. The maximum atomic E-state index is 8.61. The lowest BCUT2D eigenvalue weighted by atomic mass is 10.0. The molecule has 5 nitrogen and oxygen atoms in total. The van der Waals surface area contributed by atoms with Crippen LogP contribution in [0.1, 0.15) is 32.9 Å². The molecular weight excluding hydrogens is 228 g/mol. The van der Waals surface area contributed by atoms with Crippen LogP contribution in [0.15, 0.2) is 12.4 Å². The van der Waals surface area contributed by atoms with Crippen molar-refractivity contribution in [2.45, 2.75) is 33.3 Å². The van der Waals surface area contributed by atoms with Crippen LogP contribution in [-0.4, -0.2) is 29.2 Å². The van der Waals surface area contributed by atoms with Gasteiger partial charge in [0.1, 0.15) is 11.9 Å². The summed E-state index contributed by atoms with van der Waals surface area (Å²) in [5.74, 6) is 1.19. The Kier molecular flexibility index (Phi) is 6.09. The molecule has 0 aromatic carbocycles. The highest BCUT2D eigenvalue weighted by atomic mass is 16.5. The van der Waals surface area contributed by atoms with Crippen LogP contribution in [0.2, 0.25) is 0 Å². The standard InChI is InChI=1S/C13H20N4O/c1-4-18-12(10(2)3)5-6-15-13-9-16-11(7-14)8-17-13/h8-10,12H,4-6H2,1-3H3,(H,15,17). The van der Waals surface area contributed by atoms with Crippen LogP contribution < -0.4 is 5.32 Å². The SMILES string of the molecule is CCOC(CCNc1cnc(C#N)cn1)C(C)C. The maximum Gasteiger partial charge on any atom is 0.158 e. The molecule has 98 valence electrons. The normalized spacial score (nSPS) is 12.2. The van der Waals surface area contributed by atoms with Gasteiger partial charge in [0, 0.05) is 13.2 Å². The van der Waals surface area contributed by atoms with E-state index in [2.05, 4.69) is 29.1 Å². The second kappa shape index (κ2) is 7.62. The minimum atomic E-state index is 0.258. The van der Waals surface area contributed by atoms with Crippen LogP contribution in [0.25, 0.3) is 0 Å². The number of anilines is 1. The Balaban J connectivity index is 2.38. The molecule has 1 aromatic heterocycles. The van der Waals surface area contributed by atoms with Gasteiger partial charge >= 0.3 is 0 Å². The van der Waals surface area contributed by atoms with Gasteiger partial charge in [0.05, 0.1) is 18.5 Å². The number of hydrogen-bond donors (Lipinski definition) is 1. The summed E-state index contributed by atoms with van der Waals surface area (Å²) in [5, 5.41) is 11.8. The van der Waals surface area contributed by atoms with Gasteiger partial charge in [-0.25, -0.2) is 9.97 Å². The molecule has 0 saturated heterocycles. The monoisotopic (exact) mass is 248 g/mol. The zero-order valence-corrected chi connectivity index (χ0v) is 11.2. The molecule has 5 heteroatoms. The molecule has 0 aliphatic carbocycles. The molecule has 0 amide bonds. The van der Waals surface area contributed by atoms with Crippen molar-refractivity contribution in [1.29, 1.82) is 5.26 Å². The largest absolute Gasteiger partial charge is 0.378 e. The molecule has 0 aliphatic heterocycles. The Hall–Kier alpha value is -1.67. The van der Waals surface area contributed by atoms with Gasteiger partial charge in [0.25, 0.3) is 0 Å². The quantitative estimate of drug-likeness (QED) is 0.801. The fourth-order valence-corrected chi connectivity index (χ4v) is 1.64. The minimum Gasteiger partial charge on any atom is -0.378 e. The fraction of sp³-hybridized carbons (Fsp3) is 0.615. The molecular formula is C13H20N4O. The van der Waals surface area contributed by atoms with E-state index in [4.69, 9.17) is 10.00 Å². The predicted octanol–water partition coefficient (Wildman–Crippen LogP) is 2.21. The van der Waals surface area contributed by atoms with E-state index in [0.717, 1.165) is 19.6 Å². The lowest BCUT2D eigenvalue weighted by Crippen LogP contribution is -2.23. The first-order valence-corrected chi connectivity index (χ1v) is 6.25. The number of hydrogen-bond acceptors (Lipinski definition) is 5. The molecule has 1 aromatic rings. The third-order valence-electron chi connectivity index (χ3n) is 2.63. The molecule has 0 saturated carbocycles. The van der Waals surface area contributed by atoms with Gasteiger partial charge in [-0.15, -0.1) is 0 Å². The number of ether oxygens (including phenoxy) is 1. The van der Waals surface area contributed by atoms with E-state index in [1.807, 2.05) is 13.0 Å². The van der Waals surface area contributed by atoms with Crippen LogP contribution in [0, 0.1) is 17.2 Å². The van der Waals surface area contributed by atoms with Crippen LogP contribution in [0.3, 0.4) is 0 Å². The first-order valence-electron chi connectivity index (χ1n) is 6.25. The topological polar surface area (TPSA) is 70.8 Å². The molecule has 0 spiro atoms. The third kappa shape index (κ3) is 4.68. The molecule has 1 rings (SSSR count). The highest BCUT2D eigenvalue weighted by Crippen LogP contribution is 2.11. The summed E-state index contributed by atoms with van der Waals surface area (Å²) in [5.41, 5.74) is 0.329. The van der Waals surface area contributed by atoms with E-state index in [0.29, 0.717) is 17.4 Å². The molecule has 0 fully saturated rings. The number of nitrogens with one attached hydrogen (secondary N) is 1. The lowest BCUT2D eigenvalue weighted by molar-refractivity contribution is 0.0272. The number of rotatable bonds is 7. The molecule has 0 radical (unpaired) electrons. The maximum absolute atomic E-state index is 8.61. The first-order chi connectivity index (χ1) is 8.67. The summed E-state index contributed by atoms with van der Waals surface area (Å²) in [6.45, 7) is 7.83. The highest BCUT2D eigenvalue weighted by molar-refractivity contribution is 5.32. The average molecular weight is 248 g/mol. The van der Waals surface area contributed by atoms with Crippen molar-refractivity contribution in [1.82, 2.24) is 9.97 Å². The Bertz CT molecular complexity index is 383. The summed E-state index contributed by atoms with van der Waals surface area (Å²) < 4.78 is 5.66. The van der Waals surface area contributed by atoms with Crippen molar-refractivity contribution in [2.24, 2.45) is 5.92 Å². The van der Waals surface area contributed by atoms with Gasteiger partial charge in [-0.2, -0.15) is 5.26 Å². The van der Waals surface area contributed by atoms with Crippen LogP contribution in [0.4, 0.5) is 5.82 Å². The van der Waals surface area contributed by atoms with E-state index in [9.17, 15) is 0 Å². The Morgan fingerprint density at radius 1 is 1.39 bits per heavy atom. The highest BCUT2D eigenvalue weighted by Gasteiger charge is 2.12. The lowest BCUT2D eigenvalue weighted by Gasteiger charge is -2.20. The summed E-state index contributed by atoms with van der Waals surface area (Å²) in [6, 6.07) is 1.94.